The molecule has 1 rings (SSSR count). The van der Waals surface area contributed by atoms with Crippen LogP contribution in [-0.4, -0.2) is 44.0 Å². The monoisotopic (exact) mass is 312 g/mol. The molecule has 0 heterocycles. The van der Waals surface area contributed by atoms with E-state index in [9.17, 15) is 9.59 Å². The quantitative estimate of drug-likeness (QED) is 0.482. The predicted octanol–water partition coefficient (Wildman–Crippen LogP) is 0.00690. The van der Waals surface area contributed by atoms with Gasteiger partial charge in [-0.1, -0.05) is 30.3 Å². The summed E-state index contributed by atoms with van der Waals surface area (Å²) in [4.78, 5) is 28.9. The van der Waals surface area contributed by atoms with Crippen molar-refractivity contribution in [2.24, 2.45) is 5.73 Å². The van der Waals surface area contributed by atoms with Crippen molar-refractivity contribution in [1.29, 1.82) is 0 Å². The molecule has 0 aliphatic rings. The fourth-order valence-corrected chi connectivity index (χ4v) is 1.40. The van der Waals surface area contributed by atoms with Crippen molar-refractivity contribution in [3.8, 4) is 0 Å². The molecular weight excluding hydrogens is 288 g/mol. The summed E-state index contributed by atoms with van der Waals surface area (Å²) in [5.41, 5.74) is 6.54. The molecule has 0 aliphatic heterocycles. The van der Waals surface area contributed by atoms with E-state index in [2.05, 4.69) is 10.1 Å². The topological polar surface area (TPSA) is 119 Å². The maximum Gasteiger partial charge on any atom is 0.328 e. The van der Waals surface area contributed by atoms with Crippen LogP contribution in [0.3, 0.4) is 0 Å². The van der Waals surface area contributed by atoms with Crippen LogP contribution in [0, 0.1) is 0 Å². The average Bonchev–Trinajstić information content (AvgIpc) is 2.61. The van der Waals surface area contributed by atoms with Crippen LogP contribution in [-0.2, 0) is 25.7 Å². The fourth-order valence-electron chi connectivity index (χ4n) is 1.40. The lowest BCUT2D eigenvalue weighted by Crippen LogP contribution is -2.36. The molecule has 1 amide bonds. The Labute approximate surface area is 130 Å². The van der Waals surface area contributed by atoms with Crippen molar-refractivity contribution < 1.29 is 24.2 Å². The number of hydrogen-bond acceptors (Lipinski definition) is 6. The minimum atomic E-state index is -0.639. The van der Waals surface area contributed by atoms with Gasteiger partial charge in [-0.25, -0.2) is 4.79 Å². The SMILES string of the molecule is C=O.COC(=O)C(CCCO)NC=O.NCc1ccccc1. The van der Waals surface area contributed by atoms with E-state index < -0.39 is 12.0 Å². The Kier molecular flexibility index (Phi) is 16.8. The van der Waals surface area contributed by atoms with Crippen LogP contribution in [0.1, 0.15) is 18.4 Å². The summed E-state index contributed by atoms with van der Waals surface area (Å²) in [7, 11) is 1.25. The molecule has 7 nitrogen and oxygen atoms in total. The van der Waals surface area contributed by atoms with Crippen LogP contribution in [0.25, 0.3) is 0 Å². The van der Waals surface area contributed by atoms with Crippen LogP contribution in [0.4, 0.5) is 0 Å². The number of aliphatic hydroxyl groups is 1. The molecule has 0 spiro atoms. The van der Waals surface area contributed by atoms with Gasteiger partial charge in [0.05, 0.1) is 7.11 Å². The van der Waals surface area contributed by atoms with Crippen molar-refractivity contribution in [3.05, 3.63) is 35.9 Å². The number of aliphatic hydroxyl groups excluding tert-OH is 1. The van der Waals surface area contributed by atoms with Gasteiger partial charge >= 0.3 is 5.97 Å². The third-order valence-electron chi connectivity index (χ3n) is 2.48. The number of nitrogens with two attached hydrogens (primary N) is 1. The number of rotatable bonds is 7. The molecule has 0 bridgehead atoms. The number of carbonyl (C=O) groups excluding carboxylic acids is 3. The van der Waals surface area contributed by atoms with Crippen molar-refractivity contribution >= 4 is 19.2 Å². The lowest BCUT2D eigenvalue weighted by atomic mass is 10.1. The number of methoxy groups -OCH3 is 1. The van der Waals surface area contributed by atoms with Crippen LogP contribution in [0.5, 0.6) is 0 Å². The van der Waals surface area contributed by atoms with E-state index in [0.717, 1.165) is 0 Å². The van der Waals surface area contributed by atoms with Crippen molar-refractivity contribution in [2.45, 2.75) is 25.4 Å². The van der Waals surface area contributed by atoms with Gasteiger partial charge in [-0.05, 0) is 18.4 Å². The molecule has 0 radical (unpaired) electrons. The van der Waals surface area contributed by atoms with E-state index in [4.69, 9.17) is 15.6 Å². The van der Waals surface area contributed by atoms with E-state index in [1.165, 1.54) is 12.7 Å². The number of carbonyl (C=O) groups is 3. The first-order chi connectivity index (χ1) is 10.7. The second kappa shape index (κ2) is 16.8. The van der Waals surface area contributed by atoms with E-state index >= 15 is 0 Å². The zero-order valence-corrected chi connectivity index (χ0v) is 12.7. The molecule has 1 unspecified atom stereocenters. The van der Waals surface area contributed by atoms with Crippen molar-refractivity contribution in [2.75, 3.05) is 13.7 Å². The lowest BCUT2D eigenvalue weighted by Gasteiger charge is -2.11. The summed E-state index contributed by atoms with van der Waals surface area (Å²) >= 11 is 0. The molecule has 124 valence electrons. The molecule has 4 N–H and O–H groups in total. The summed E-state index contributed by atoms with van der Waals surface area (Å²) in [6.45, 7) is 2.63. The third-order valence-corrected chi connectivity index (χ3v) is 2.48. The van der Waals surface area contributed by atoms with Crippen LogP contribution < -0.4 is 11.1 Å². The minimum Gasteiger partial charge on any atom is -0.467 e. The Morgan fingerprint density at radius 3 is 2.36 bits per heavy atom. The number of amides is 1. The van der Waals surface area contributed by atoms with Gasteiger partial charge in [-0.3, -0.25) is 4.79 Å². The van der Waals surface area contributed by atoms with Gasteiger partial charge in [-0.2, -0.15) is 0 Å². The van der Waals surface area contributed by atoms with Gasteiger partial charge in [-0.15, -0.1) is 0 Å². The number of benzene rings is 1. The lowest BCUT2D eigenvalue weighted by molar-refractivity contribution is -0.144. The first kappa shape index (κ1) is 22.0. The third kappa shape index (κ3) is 11.6. The van der Waals surface area contributed by atoms with Gasteiger partial charge < -0.3 is 25.7 Å². The second-order valence-corrected chi connectivity index (χ2v) is 3.92. The highest BCUT2D eigenvalue weighted by Crippen LogP contribution is 1.97. The summed E-state index contributed by atoms with van der Waals surface area (Å²) in [6.07, 6.45) is 1.29. The summed E-state index contributed by atoms with van der Waals surface area (Å²) < 4.78 is 4.42. The van der Waals surface area contributed by atoms with E-state index in [0.29, 0.717) is 25.8 Å². The van der Waals surface area contributed by atoms with Gasteiger partial charge in [0.1, 0.15) is 12.8 Å². The normalized spacial score (nSPS) is 9.95. The molecule has 7 heteroatoms. The zero-order valence-electron chi connectivity index (χ0n) is 12.7. The maximum absolute atomic E-state index is 10.9. The molecular formula is C15H24N2O5. The molecule has 1 aromatic carbocycles. The summed E-state index contributed by atoms with van der Waals surface area (Å²) in [6, 6.07) is 9.35. The second-order valence-electron chi connectivity index (χ2n) is 3.92. The Morgan fingerprint density at radius 1 is 1.41 bits per heavy atom. The minimum absolute atomic E-state index is 0.00592. The van der Waals surface area contributed by atoms with E-state index in [1.54, 1.807) is 0 Å². The number of esters is 1. The van der Waals surface area contributed by atoms with Gasteiger partial charge in [0, 0.05) is 13.2 Å². The Bertz CT molecular complexity index is 387. The van der Waals surface area contributed by atoms with Crippen molar-refractivity contribution in [3.63, 3.8) is 0 Å². The van der Waals surface area contributed by atoms with Gasteiger partial charge in [0.2, 0.25) is 6.41 Å². The Balaban J connectivity index is 0. The Hall–Kier alpha value is -2.25. The summed E-state index contributed by atoms with van der Waals surface area (Å²) in [5, 5.41) is 10.8. The van der Waals surface area contributed by atoms with Crippen molar-refractivity contribution in [1.82, 2.24) is 5.32 Å². The number of ether oxygens (including phenoxy) is 1. The maximum atomic E-state index is 10.9. The highest BCUT2D eigenvalue weighted by Gasteiger charge is 2.16. The van der Waals surface area contributed by atoms with E-state index in [1.807, 2.05) is 37.1 Å². The molecule has 1 atom stereocenters. The highest BCUT2D eigenvalue weighted by molar-refractivity contribution is 5.77. The fraction of sp³-hybridized carbons (Fsp3) is 0.400. The first-order valence-electron chi connectivity index (χ1n) is 6.60. The predicted molar refractivity (Wildman–Crippen MR) is 82.8 cm³/mol. The number of hydrogen-bond donors (Lipinski definition) is 3. The van der Waals surface area contributed by atoms with Crippen LogP contribution in [0.15, 0.2) is 30.3 Å². The van der Waals surface area contributed by atoms with Crippen LogP contribution >= 0.6 is 0 Å². The smallest absolute Gasteiger partial charge is 0.328 e. The van der Waals surface area contributed by atoms with Crippen LogP contribution in [0.2, 0.25) is 0 Å². The zero-order chi connectivity index (χ0) is 17.2. The van der Waals surface area contributed by atoms with E-state index in [-0.39, 0.29) is 6.61 Å². The first-order valence-corrected chi connectivity index (χ1v) is 6.60. The van der Waals surface area contributed by atoms with Gasteiger partial charge in [0.15, 0.2) is 0 Å². The molecule has 0 saturated heterocycles. The average molecular weight is 312 g/mol. The molecule has 0 aromatic heterocycles. The highest BCUT2D eigenvalue weighted by atomic mass is 16.5. The summed E-state index contributed by atoms with van der Waals surface area (Å²) in [5.74, 6) is -0.490. The van der Waals surface area contributed by atoms with Gasteiger partial charge in [0.25, 0.3) is 0 Å². The molecule has 1 aromatic rings. The molecule has 22 heavy (non-hydrogen) atoms. The Morgan fingerprint density at radius 2 is 2.00 bits per heavy atom. The molecule has 0 aliphatic carbocycles. The molecule has 0 fully saturated rings. The number of nitrogens with one attached hydrogen (secondary N) is 1. The standard InChI is InChI=1S/C7H13NO4.C7H9N.CH2O/c1-12-7(11)6(8-5-10)3-2-4-9;8-6-7-4-2-1-3-5-7;1-2/h5-6,9H,2-4H2,1H3,(H,8,10);1-5H,6,8H2;1H2. The largest absolute Gasteiger partial charge is 0.467 e. The molecule has 0 saturated carbocycles.